The number of carbonyl (C=O) groups is 2. The zero-order valence-electron chi connectivity index (χ0n) is 9.17. The van der Waals surface area contributed by atoms with E-state index >= 15 is 0 Å². The van der Waals surface area contributed by atoms with E-state index in [1.54, 1.807) is 0 Å². The van der Waals surface area contributed by atoms with Crippen LogP contribution in [0.3, 0.4) is 0 Å². The minimum Gasteiger partial charge on any atom is -0.466 e. The third kappa shape index (κ3) is 7.77. The Bertz CT molecular complexity index is 159. The molecule has 0 aromatic carbocycles. The number of ether oxygens (including phenoxy) is 1. The largest absolute Gasteiger partial charge is 0.466 e. The topological polar surface area (TPSA) is 43.4 Å². The van der Waals surface area contributed by atoms with Crippen LogP contribution in [0.25, 0.3) is 0 Å². The van der Waals surface area contributed by atoms with E-state index in [0.29, 0.717) is 18.8 Å². The zero-order chi connectivity index (χ0) is 10.8. The molecule has 0 N–H and O–H groups in total. The molecule has 0 unspecified atom stereocenters. The molecular formula is C11H20O3. The normalized spacial score (nSPS) is 14.3. The SMILES string of the molecule is CCCC(=O)CCC.O=C1CCCO1. The Kier molecular flexibility index (Phi) is 8.19. The van der Waals surface area contributed by atoms with E-state index in [1.807, 2.05) is 13.8 Å². The summed E-state index contributed by atoms with van der Waals surface area (Å²) in [5, 5.41) is 0. The molecule has 0 bridgehead atoms. The first kappa shape index (κ1) is 13.1. The van der Waals surface area contributed by atoms with Gasteiger partial charge in [0.15, 0.2) is 0 Å². The summed E-state index contributed by atoms with van der Waals surface area (Å²) in [5.74, 6) is 0.366. The molecule has 14 heavy (non-hydrogen) atoms. The Morgan fingerprint density at radius 3 is 2.07 bits per heavy atom. The molecule has 0 radical (unpaired) electrons. The highest BCUT2D eigenvalue weighted by Crippen LogP contribution is 2.01. The van der Waals surface area contributed by atoms with Crippen molar-refractivity contribution in [3.05, 3.63) is 0 Å². The average Bonchev–Trinajstić information content (AvgIpc) is 2.58. The van der Waals surface area contributed by atoms with Gasteiger partial charge in [0.2, 0.25) is 0 Å². The smallest absolute Gasteiger partial charge is 0.305 e. The number of Topliss-reactive ketones (excluding diaryl/α,β-unsaturated/α-hetero) is 1. The highest BCUT2D eigenvalue weighted by Gasteiger charge is 2.08. The maximum atomic E-state index is 10.6. The van der Waals surface area contributed by atoms with E-state index in [-0.39, 0.29) is 5.97 Å². The molecule has 0 atom stereocenters. The molecule has 0 aromatic rings. The molecule has 1 aliphatic rings. The second kappa shape index (κ2) is 8.73. The van der Waals surface area contributed by atoms with Crippen LogP contribution in [0.4, 0.5) is 0 Å². The van der Waals surface area contributed by atoms with Gasteiger partial charge in [0.1, 0.15) is 5.78 Å². The molecular weight excluding hydrogens is 180 g/mol. The van der Waals surface area contributed by atoms with E-state index in [0.717, 1.165) is 32.1 Å². The van der Waals surface area contributed by atoms with E-state index in [9.17, 15) is 9.59 Å². The fraction of sp³-hybridized carbons (Fsp3) is 0.818. The van der Waals surface area contributed by atoms with Crippen molar-refractivity contribution >= 4 is 11.8 Å². The van der Waals surface area contributed by atoms with Crippen LogP contribution in [0.15, 0.2) is 0 Å². The fourth-order valence-electron chi connectivity index (χ4n) is 1.16. The van der Waals surface area contributed by atoms with Crippen LogP contribution < -0.4 is 0 Å². The van der Waals surface area contributed by atoms with Crippen molar-refractivity contribution in [3.63, 3.8) is 0 Å². The summed E-state index contributed by atoms with van der Waals surface area (Å²) in [6.45, 7) is 4.71. The van der Waals surface area contributed by atoms with Crippen LogP contribution >= 0.6 is 0 Å². The summed E-state index contributed by atoms with van der Waals surface area (Å²) in [5.41, 5.74) is 0. The summed E-state index contributed by atoms with van der Waals surface area (Å²) in [4.78, 5) is 20.7. The van der Waals surface area contributed by atoms with E-state index < -0.39 is 0 Å². The van der Waals surface area contributed by atoms with Crippen LogP contribution in [0.1, 0.15) is 52.4 Å². The van der Waals surface area contributed by atoms with Gasteiger partial charge in [0.05, 0.1) is 6.61 Å². The third-order valence-electron chi connectivity index (χ3n) is 1.85. The van der Waals surface area contributed by atoms with Gasteiger partial charge in [0.25, 0.3) is 0 Å². The van der Waals surface area contributed by atoms with E-state index in [4.69, 9.17) is 0 Å². The lowest BCUT2D eigenvalue weighted by molar-refractivity contribution is -0.137. The molecule has 1 rings (SSSR count). The third-order valence-corrected chi connectivity index (χ3v) is 1.85. The monoisotopic (exact) mass is 200 g/mol. The van der Waals surface area contributed by atoms with Crippen LogP contribution in [-0.2, 0) is 14.3 Å². The van der Waals surface area contributed by atoms with Gasteiger partial charge in [-0.15, -0.1) is 0 Å². The highest BCUT2D eigenvalue weighted by molar-refractivity contribution is 5.78. The maximum absolute atomic E-state index is 10.6. The van der Waals surface area contributed by atoms with Gasteiger partial charge in [-0.05, 0) is 19.3 Å². The molecule has 0 amide bonds. The number of cyclic esters (lactones) is 1. The summed E-state index contributed by atoms with van der Waals surface area (Å²) in [6.07, 6.45) is 5.08. The lowest BCUT2D eigenvalue weighted by Crippen LogP contribution is -1.93. The number of rotatable bonds is 4. The molecule has 1 saturated heterocycles. The van der Waals surface area contributed by atoms with Gasteiger partial charge in [-0.2, -0.15) is 0 Å². The van der Waals surface area contributed by atoms with Gasteiger partial charge < -0.3 is 4.74 Å². The predicted octanol–water partition coefficient (Wildman–Crippen LogP) is 2.48. The average molecular weight is 200 g/mol. The van der Waals surface area contributed by atoms with Crippen molar-refractivity contribution < 1.29 is 14.3 Å². The predicted molar refractivity (Wildman–Crippen MR) is 55.0 cm³/mol. The summed E-state index contributed by atoms with van der Waals surface area (Å²) < 4.78 is 4.51. The Balaban J connectivity index is 0.000000249. The molecule has 0 spiro atoms. The number of hydrogen-bond donors (Lipinski definition) is 0. The second-order valence-corrected chi connectivity index (χ2v) is 3.36. The van der Waals surface area contributed by atoms with Crippen molar-refractivity contribution in [1.29, 1.82) is 0 Å². The first-order valence-corrected chi connectivity index (χ1v) is 5.38. The van der Waals surface area contributed by atoms with Crippen LogP contribution in [0.5, 0.6) is 0 Å². The zero-order valence-corrected chi connectivity index (χ0v) is 9.17. The highest BCUT2D eigenvalue weighted by atomic mass is 16.5. The molecule has 0 aromatic heterocycles. The number of carbonyl (C=O) groups excluding carboxylic acids is 2. The molecule has 3 nitrogen and oxygen atoms in total. The van der Waals surface area contributed by atoms with E-state index in [1.165, 1.54) is 0 Å². The standard InChI is InChI=1S/C7H14O.C4H6O2/c1-3-5-7(8)6-4-2;5-4-2-1-3-6-4/h3-6H2,1-2H3;1-3H2. The lowest BCUT2D eigenvalue weighted by atomic mass is 10.1. The molecule has 1 heterocycles. The number of hydrogen-bond acceptors (Lipinski definition) is 3. The summed E-state index contributed by atoms with van der Waals surface area (Å²) in [6, 6.07) is 0. The Labute approximate surface area is 85.8 Å². The van der Waals surface area contributed by atoms with Crippen molar-refractivity contribution in [2.24, 2.45) is 0 Å². The molecule has 82 valence electrons. The van der Waals surface area contributed by atoms with Gasteiger partial charge >= 0.3 is 5.97 Å². The molecule has 1 fully saturated rings. The molecule has 1 aliphatic heterocycles. The molecule has 0 saturated carbocycles. The molecule has 0 aliphatic carbocycles. The van der Waals surface area contributed by atoms with E-state index in [2.05, 4.69) is 4.74 Å². The lowest BCUT2D eigenvalue weighted by Gasteiger charge is -1.91. The van der Waals surface area contributed by atoms with Crippen LogP contribution in [0, 0.1) is 0 Å². The first-order chi connectivity index (χ1) is 6.70. The Morgan fingerprint density at radius 2 is 1.86 bits per heavy atom. The minimum absolute atomic E-state index is 0.0463. The van der Waals surface area contributed by atoms with Crippen molar-refractivity contribution in [3.8, 4) is 0 Å². The maximum Gasteiger partial charge on any atom is 0.305 e. The number of ketones is 1. The van der Waals surface area contributed by atoms with Gasteiger partial charge in [-0.25, -0.2) is 0 Å². The number of esters is 1. The quantitative estimate of drug-likeness (QED) is 0.655. The Hall–Kier alpha value is -0.860. The van der Waals surface area contributed by atoms with Crippen molar-refractivity contribution in [1.82, 2.24) is 0 Å². The fourth-order valence-corrected chi connectivity index (χ4v) is 1.16. The van der Waals surface area contributed by atoms with Crippen molar-refractivity contribution in [2.45, 2.75) is 52.4 Å². The first-order valence-electron chi connectivity index (χ1n) is 5.38. The summed E-state index contributed by atoms with van der Waals surface area (Å²) in [7, 11) is 0. The van der Waals surface area contributed by atoms with Gasteiger partial charge in [0, 0.05) is 19.3 Å². The van der Waals surface area contributed by atoms with Gasteiger partial charge in [-0.1, -0.05) is 13.8 Å². The summed E-state index contributed by atoms with van der Waals surface area (Å²) >= 11 is 0. The minimum atomic E-state index is -0.0463. The van der Waals surface area contributed by atoms with Crippen LogP contribution in [-0.4, -0.2) is 18.4 Å². The van der Waals surface area contributed by atoms with Crippen LogP contribution in [0.2, 0.25) is 0 Å². The Morgan fingerprint density at radius 1 is 1.29 bits per heavy atom. The second-order valence-electron chi connectivity index (χ2n) is 3.36. The molecule has 3 heteroatoms. The van der Waals surface area contributed by atoms with Crippen molar-refractivity contribution in [2.75, 3.05) is 6.61 Å². The van der Waals surface area contributed by atoms with Gasteiger partial charge in [-0.3, -0.25) is 9.59 Å².